The number of nitrogens with zero attached hydrogens (tertiary/aromatic N) is 2. The van der Waals surface area contributed by atoms with E-state index < -0.39 is 0 Å². The van der Waals surface area contributed by atoms with Crippen LogP contribution in [-0.4, -0.2) is 48.0 Å². The molecule has 25 heavy (non-hydrogen) atoms. The number of carbonyl (C=O) groups excluding carboxylic acids is 2. The number of aromatic nitrogens is 1. The fourth-order valence-electron chi connectivity index (χ4n) is 2.73. The van der Waals surface area contributed by atoms with Gasteiger partial charge in [-0.2, -0.15) is 0 Å². The molecule has 1 aliphatic heterocycles. The Morgan fingerprint density at radius 3 is 2.60 bits per heavy atom. The van der Waals surface area contributed by atoms with E-state index in [-0.39, 0.29) is 23.6 Å². The summed E-state index contributed by atoms with van der Waals surface area (Å²) < 4.78 is 5.26. The molecule has 2 heterocycles. The van der Waals surface area contributed by atoms with Gasteiger partial charge in [0.05, 0.1) is 19.3 Å². The standard InChI is InChI=1S/C19H21N3O3/c1-14(15-5-3-2-4-6-15)21-18(23)17-13-16(7-8-20-17)19(24)22-9-11-25-12-10-22/h2-8,13-14H,9-12H2,1H3,(H,21,23). The van der Waals surface area contributed by atoms with Gasteiger partial charge in [-0.05, 0) is 24.6 Å². The van der Waals surface area contributed by atoms with Crippen molar-refractivity contribution in [3.63, 3.8) is 0 Å². The summed E-state index contributed by atoms with van der Waals surface area (Å²) in [5, 5.41) is 2.91. The second-order valence-electron chi connectivity index (χ2n) is 5.94. The first-order valence-corrected chi connectivity index (χ1v) is 8.34. The maximum atomic E-state index is 12.5. The zero-order valence-electron chi connectivity index (χ0n) is 14.1. The quantitative estimate of drug-likeness (QED) is 0.925. The minimum atomic E-state index is -0.298. The molecule has 0 spiro atoms. The molecule has 2 amide bonds. The Kier molecular flexibility index (Phi) is 5.40. The van der Waals surface area contributed by atoms with Crippen LogP contribution >= 0.6 is 0 Å². The van der Waals surface area contributed by atoms with Crippen LogP contribution < -0.4 is 5.32 Å². The number of morpholine rings is 1. The van der Waals surface area contributed by atoms with E-state index in [1.807, 2.05) is 37.3 Å². The second kappa shape index (κ2) is 7.90. The molecule has 3 rings (SSSR count). The molecule has 0 bridgehead atoms. The lowest BCUT2D eigenvalue weighted by Gasteiger charge is -2.26. The molecule has 130 valence electrons. The molecule has 1 unspecified atom stereocenters. The summed E-state index contributed by atoms with van der Waals surface area (Å²) in [5.74, 6) is -0.399. The number of carbonyl (C=O) groups is 2. The van der Waals surface area contributed by atoms with Gasteiger partial charge in [0.25, 0.3) is 11.8 Å². The van der Waals surface area contributed by atoms with Crippen molar-refractivity contribution >= 4 is 11.8 Å². The smallest absolute Gasteiger partial charge is 0.270 e. The Labute approximate surface area is 146 Å². The minimum absolute atomic E-state index is 0.101. The van der Waals surface area contributed by atoms with Crippen LogP contribution in [0.15, 0.2) is 48.7 Å². The third kappa shape index (κ3) is 4.22. The molecular weight excluding hydrogens is 318 g/mol. The van der Waals surface area contributed by atoms with Gasteiger partial charge in [-0.1, -0.05) is 30.3 Å². The number of rotatable bonds is 4. The lowest BCUT2D eigenvalue weighted by atomic mass is 10.1. The first-order chi connectivity index (χ1) is 12.1. The molecule has 1 aromatic carbocycles. The van der Waals surface area contributed by atoms with Crippen LogP contribution in [0.4, 0.5) is 0 Å². The first kappa shape index (κ1) is 17.1. The Bertz CT molecular complexity index is 743. The summed E-state index contributed by atoms with van der Waals surface area (Å²) in [5.41, 5.74) is 1.72. The lowest BCUT2D eigenvalue weighted by Crippen LogP contribution is -2.40. The van der Waals surface area contributed by atoms with E-state index in [1.54, 1.807) is 17.0 Å². The van der Waals surface area contributed by atoms with Crippen LogP contribution in [0.2, 0.25) is 0 Å². The Morgan fingerprint density at radius 2 is 1.88 bits per heavy atom. The van der Waals surface area contributed by atoms with Crippen molar-refractivity contribution in [2.24, 2.45) is 0 Å². The molecule has 1 atom stereocenters. The number of ether oxygens (including phenoxy) is 1. The molecule has 0 aliphatic carbocycles. The van der Waals surface area contributed by atoms with Crippen molar-refractivity contribution in [3.05, 3.63) is 65.5 Å². The Balaban J connectivity index is 1.70. The summed E-state index contributed by atoms with van der Waals surface area (Å²) in [7, 11) is 0. The first-order valence-electron chi connectivity index (χ1n) is 8.34. The maximum Gasteiger partial charge on any atom is 0.270 e. The van der Waals surface area contributed by atoms with Crippen molar-refractivity contribution in [2.75, 3.05) is 26.3 Å². The topological polar surface area (TPSA) is 71.5 Å². The molecule has 6 nitrogen and oxygen atoms in total. The van der Waals surface area contributed by atoms with Gasteiger partial charge in [0.1, 0.15) is 5.69 Å². The van der Waals surface area contributed by atoms with Crippen LogP contribution in [0.25, 0.3) is 0 Å². The van der Waals surface area contributed by atoms with Crippen molar-refractivity contribution in [3.8, 4) is 0 Å². The average Bonchev–Trinajstić information content (AvgIpc) is 2.68. The van der Waals surface area contributed by atoms with Gasteiger partial charge in [-0.15, -0.1) is 0 Å². The molecule has 1 saturated heterocycles. The molecule has 1 N–H and O–H groups in total. The maximum absolute atomic E-state index is 12.5. The molecule has 0 saturated carbocycles. The van der Waals surface area contributed by atoms with E-state index in [1.165, 1.54) is 6.20 Å². The van der Waals surface area contributed by atoms with Crippen LogP contribution in [-0.2, 0) is 4.74 Å². The van der Waals surface area contributed by atoms with E-state index in [4.69, 9.17) is 4.74 Å². The Morgan fingerprint density at radius 1 is 1.16 bits per heavy atom. The fourth-order valence-corrected chi connectivity index (χ4v) is 2.73. The van der Waals surface area contributed by atoms with Crippen molar-refractivity contribution in [1.29, 1.82) is 0 Å². The van der Waals surface area contributed by atoms with Crippen LogP contribution in [0.3, 0.4) is 0 Å². The number of hydrogen-bond acceptors (Lipinski definition) is 4. The summed E-state index contributed by atoms with van der Waals surface area (Å²) in [6.07, 6.45) is 1.50. The van der Waals surface area contributed by atoms with E-state index in [9.17, 15) is 9.59 Å². The van der Waals surface area contributed by atoms with E-state index in [0.717, 1.165) is 5.56 Å². The van der Waals surface area contributed by atoms with E-state index in [0.29, 0.717) is 31.9 Å². The summed E-state index contributed by atoms with van der Waals surface area (Å²) in [6.45, 7) is 4.12. The van der Waals surface area contributed by atoms with E-state index >= 15 is 0 Å². The van der Waals surface area contributed by atoms with Gasteiger partial charge in [0.2, 0.25) is 0 Å². The predicted molar refractivity (Wildman–Crippen MR) is 93.3 cm³/mol. The normalized spacial score (nSPS) is 15.5. The number of benzene rings is 1. The van der Waals surface area contributed by atoms with Gasteiger partial charge in [-0.3, -0.25) is 14.6 Å². The minimum Gasteiger partial charge on any atom is -0.378 e. The highest BCUT2D eigenvalue weighted by Crippen LogP contribution is 2.13. The van der Waals surface area contributed by atoms with Crippen molar-refractivity contribution in [2.45, 2.75) is 13.0 Å². The van der Waals surface area contributed by atoms with Crippen molar-refractivity contribution in [1.82, 2.24) is 15.2 Å². The monoisotopic (exact) mass is 339 g/mol. The number of hydrogen-bond donors (Lipinski definition) is 1. The highest BCUT2D eigenvalue weighted by Gasteiger charge is 2.20. The fraction of sp³-hybridized carbons (Fsp3) is 0.316. The highest BCUT2D eigenvalue weighted by molar-refractivity contribution is 5.98. The molecule has 0 radical (unpaired) electrons. The summed E-state index contributed by atoms with van der Waals surface area (Å²) in [6, 6.07) is 12.7. The number of pyridine rings is 1. The van der Waals surface area contributed by atoms with Gasteiger partial charge < -0.3 is 15.0 Å². The zero-order chi connectivity index (χ0) is 17.6. The van der Waals surface area contributed by atoms with Crippen LogP contribution in [0, 0.1) is 0 Å². The van der Waals surface area contributed by atoms with Gasteiger partial charge in [-0.25, -0.2) is 0 Å². The zero-order valence-corrected chi connectivity index (χ0v) is 14.1. The van der Waals surface area contributed by atoms with E-state index in [2.05, 4.69) is 10.3 Å². The molecule has 6 heteroatoms. The average molecular weight is 339 g/mol. The predicted octanol–water partition coefficient (Wildman–Crippen LogP) is 2.04. The lowest BCUT2D eigenvalue weighted by molar-refractivity contribution is 0.0303. The molecule has 1 aromatic heterocycles. The molecule has 2 aromatic rings. The second-order valence-corrected chi connectivity index (χ2v) is 5.94. The largest absolute Gasteiger partial charge is 0.378 e. The third-order valence-electron chi connectivity index (χ3n) is 4.18. The van der Waals surface area contributed by atoms with Crippen LogP contribution in [0.5, 0.6) is 0 Å². The SMILES string of the molecule is CC(NC(=O)c1cc(C(=O)N2CCOCC2)ccn1)c1ccccc1. The van der Waals surface area contributed by atoms with Crippen LogP contribution in [0.1, 0.15) is 39.4 Å². The van der Waals surface area contributed by atoms with Crippen molar-refractivity contribution < 1.29 is 14.3 Å². The molecular formula is C19H21N3O3. The molecule has 1 aliphatic rings. The number of amides is 2. The summed E-state index contributed by atoms with van der Waals surface area (Å²) >= 11 is 0. The summed E-state index contributed by atoms with van der Waals surface area (Å²) in [4.78, 5) is 30.8. The molecule has 1 fully saturated rings. The number of nitrogens with one attached hydrogen (secondary N) is 1. The third-order valence-corrected chi connectivity index (χ3v) is 4.18. The Hall–Kier alpha value is -2.73. The highest BCUT2D eigenvalue weighted by atomic mass is 16.5. The van der Waals surface area contributed by atoms with Gasteiger partial charge >= 0.3 is 0 Å². The van der Waals surface area contributed by atoms with Gasteiger partial charge in [0, 0.05) is 24.8 Å². The van der Waals surface area contributed by atoms with Gasteiger partial charge in [0.15, 0.2) is 0 Å².